The fourth-order valence-electron chi connectivity index (χ4n) is 1.84. The van der Waals surface area contributed by atoms with E-state index >= 15 is 0 Å². The molecule has 0 radical (unpaired) electrons. The molecule has 1 aromatic carbocycles. The number of hydrogen-bond acceptors (Lipinski definition) is 4. The number of aromatic nitrogens is 1. The lowest BCUT2D eigenvalue weighted by Crippen LogP contribution is -2.00. The topological polar surface area (TPSA) is 51.6 Å². The van der Waals surface area contributed by atoms with Crippen LogP contribution in [-0.4, -0.2) is 17.2 Å². The van der Waals surface area contributed by atoms with Crippen molar-refractivity contribution in [3.05, 3.63) is 47.8 Å². The molecule has 1 atom stereocenters. The quantitative estimate of drug-likeness (QED) is 0.915. The van der Waals surface area contributed by atoms with Gasteiger partial charge < -0.3 is 14.6 Å². The smallest absolute Gasteiger partial charge is 0.145 e. The van der Waals surface area contributed by atoms with Crippen LogP contribution in [0, 0.1) is 6.92 Å². The Labute approximate surface area is 112 Å². The predicted octanol–water partition coefficient (Wildman–Crippen LogP) is 3.24. The number of aliphatic hydroxyl groups is 1. The molecule has 4 heteroatoms. The van der Waals surface area contributed by atoms with Crippen molar-refractivity contribution in [2.24, 2.45) is 0 Å². The minimum absolute atomic E-state index is 0.569. The molecule has 4 nitrogen and oxygen atoms in total. The molecule has 1 unspecified atom stereocenters. The first-order valence-corrected chi connectivity index (χ1v) is 6.07. The molecule has 2 aromatic rings. The standard InChI is InChI=1S/C15H17NO3/c1-10-7-8-12(9-16-10)19-14-6-4-5-13(18-3)15(14)11(2)17/h4-9,11,17H,1-3H3. The molecule has 1 N–H and O–H groups in total. The summed E-state index contributed by atoms with van der Waals surface area (Å²) in [4.78, 5) is 4.17. The molecule has 0 aliphatic carbocycles. The third kappa shape index (κ3) is 3.03. The summed E-state index contributed by atoms with van der Waals surface area (Å²) in [6.07, 6.45) is 0.977. The van der Waals surface area contributed by atoms with Gasteiger partial charge in [-0.25, -0.2) is 0 Å². The number of pyridine rings is 1. The highest BCUT2D eigenvalue weighted by Gasteiger charge is 2.15. The van der Waals surface area contributed by atoms with Crippen LogP contribution in [0.25, 0.3) is 0 Å². The van der Waals surface area contributed by atoms with Crippen LogP contribution < -0.4 is 9.47 Å². The van der Waals surface area contributed by atoms with E-state index in [2.05, 4.69) is 4.98 Å². The minimum Gasteiger partial charge on any atom is -0.496 e. The molecule has 0 saturated heterocycles. The van der Waals surface area contributed by atoms with E-state index < -0.39 is 6.10 Å². The van der Waals surface area contributed by atoms with Crippen LogP contribution in [0.4, 0.5) is 0 Å². The van der Waals surface area contributed by atoms with Crippen molar-refractivity contribution < 1.29 is 14.6 Å². The van der Waals surface area contributed by atoms with Crippen molar-refractivity contribution in [3.63, 3.8) is 0 Å². The van der Waals surface area contributed by atoms with E-state index in [4.69, 9.17) is 9.47 Å². The third-order valence-corrected chi connectivity index (χ3v) is 2.78. The van der Waals surface area contributed by atoms with E-state index in [9.17, 15) is 5.11 Å². The van der Waals surface area contributed by atoms with Crippen LogP contribution in [-0.2, 0) is 0 Å². The maximum absolute atomic E-state index is 9.86. The average molecular weight is 259 g/mol. The Morgan fingerprint density at radius 1 is 1.16 bits per heavy atom. The SMILES string of the molecule is COc1cccc(Oc2ccc(C)nc2)c1C(C)O. The molecular weight excluding hydrogens is 242 g/mol. The van der Waals surface area contributed by atoms with Crippen LogP contribution in [0.1, 0.15) is 24.3 Å². The zero-order chi connectivity index (χ0) is 13.8. The first-order valence-electron chi connectivity index (χ1n) is 6.07. The summed E-state index contributed by atoms with van der Waals surface area (Å²) in [7, 11) is 1.57. The van der Waals surface area contributed by atoms with Gasteiger partial charge in [0.05, 0.1) is 25.0 Å². The zero-order valence-electron chi connectivity index (χ0n) is 11.3. The third-order valence-electron chi connectivity index (χ3n) is 2.78. The van der Waals surface area contributed by atoms with Crippen LogP contribution >= 0.6 is 0 Å². The molecule has 100 valence electrons. The maximum atomic E-state index is 9.86. The highest BCUT2D eigenvalue weighted by atomic mass is 16.5. The number of ether oxygens (including phenoxy) is 2. The van der Waals surface area contributed by atoms with Crippen LogP contribution in [0.15, 0.2) is 36.5 Å². The van der Waals surface area contributed by atoms with Crippen LogP contribution in [0.5, 0.6) is 17.2 Å². The second kappa shape index (κ2) is 5.71. The van der Waals surface area contributed by atoms with Crippen molar-refractivity contribution in [3.8, 4) is 17.2 Å². The summed E-state index contributed by atoms with van der Waals surface area (Å²) >= 11 is 0. The number of benzene rings is 1. The molecule has 0 bridgehead atoms. The number of aryl methyl sites for hydroxylation is 1. The maximum Gasteiger partial charge on any atom is 0.145 e. The highest BCUT2D eigenvalue weighted by Crippen LogP contribution is 2.36. The molecule has 0 spiro atoms. The van der Waals surface area contributed by atoms with Gasteiger partial charge >= 0.3 is 0 Å². The van der Waals surface area contributed by atoms with Gasteiger partial charge in [0.15, 0.2) is 0 Å². The molecule has 1 aromatic heterocycles. The Hall–Kier alpha value is -2.07. The van der Waals surface area contributed by atoms with E-state index in [1.165, 1.54) is 0 Å². The normalized spacial score (nSPS) is 12.0. The molecule has 0 fully saturated rings. The molecule has 19 heavy (non-hydrogen) atoms. The first kappa shape index (κ1) is 13.4. The van der Waals surface area contributed by atoms with Gasteiger partial charge in [0.2, 0.25) is 0 Å². The number of nitrogens with zero attached hydrogens (tertiary/aromatic N) is 1. The lowest BCUT2D eigenvalue weighted by molar-refractivity contribution is 0.190. The second-order valence-corrected chi connectivity index (χ2v) is 4.29. The lowest BCUT2D eigenvalue weighted by Gasteiger charge is -2.16. The molecule has 2 rings (SSSR count). The molecule has 0 aliphatic rings. The van der Waals surface area contributed by atoms with Crippen molar-refractivity contribution in [2.45, 2.75) is 20.0 Å². The molecular formula is C15H17NO3. The van der Waals surface area contributed by atoms with E-state index in [0.717, 1.165) is 5.69 Å². The Kier molecular flexibility index (Phi) is 4.02. The van der Waals surface area contributed by atoms with Gasteiger partial charge in [-0.1, -0.05) is 6.07 Å². The lowest BCUT2D eigenvalue weighted by atomic mass is 10.1. The number of aliphatic hydroxyl groups excluding tert-OH is 1. The number of rotatable bonds is 4. The largest absolute Gasteiger partial charge is 0.496 e. The van der Waals surface area contributed by atoms with Gasteiger partial charge in [-0.05, 0) is 38.1 Å². The molecule has 0 amide bonds. The Bertz CT molecular complexity index is 550. The predicted molar refractivity (Wildman–Crippen MR) is 72.7 cm³/mol. The van der Waals surface area contributed by atoms with Gasteiger partial charge in [0.1, 0.15) is 17.2 Å². The summed E-state index contributed by atoms with van der Waals surface area (Å²) in [6, 6.07) is 9.12. The summed E-state index contributed by atoms with van der Waals surface area (Å²) < 4.78 is 11.0. The fraction of sp³-hybridized carbons (Fsp3) is 0.267. The van der Waals surface area contributed by atoms with Crippen LogP contribution in [0.3, 0.4) is 0 Å². The summed E-state index contributed by atoms with van der Waals surface area (Å²) in [5.74, 6) is 1.80. The van der Waals surface area contributed by atoms with Crippen molar-refractivity contribution in [2.75, 3.05) is 7.11 Å². The van der Waals surface area contributed by atoms with E-state index in [1.54, 1.807) is 32.4 Å². The van der Waals surface area contributed by atoms with Gasteiger partial charge in [-0.2, -0.15) is 0 Å². The van der Waals surface area contributed by atoms with Crippen LogP contribution in [0.2, 0.25) is 0 Å². The Balaban J connectivity index is 2.36. The molecule has 0 saturated carbocycles. The van der Waals surface area contributed by atoms with Gasteiger partial charge in [0.25, 0.3) is 0 Å². The first-order chi connectivity index (χ1) is 9.11. The van der Waals surface area contributed by atoms with Gasteiger partial charge in [0, 0.05) is 5.69 Å². The van der Waals surface area contributed by atoms with Crippen molar-refractivity contribution in [1.82, 2.24) is 4.98 Å². The van der Waals surface area contributed by atoms with Gasteiger partial charge in [-0.15, -0.1) is 0 Å². The average Bonchev–Trinajstić information content (AvgIpc) is 2.40. The molecule has 0 aliphatic heterocycles. The monoisotopic (exact) mass is 259 g/mol. The van der Waals surface area contributed by atoms with Crippen molar-refractivity contribution >= 4 is 0 Å². The second-order valence-electron chi connectivity index (χ2n) is 4.29. The Morgan fingerprint density at radius 2 is 1.89 bits per heavy atom. The summed E-state index contributed by atoms with van der Waals surface area (Å²) in [5.41, 5.74) is 1.55. The Morgan fingerprint density at radius 3 is 2.47 bits per heavy atom. The van der Waals surface area contributed by atoms with E-state index in [-0.39, 0.29) is 0 Å². The highest BCUT2D eigenvalue weighted by molar-refractivity contribution is 5.47. The zero-order valence-corrected chi connectivity index (χ0v) is 11.3. The molecule has 1 heterocycles. The van der Waals surface area contributed by atoms with Gasteiger partial charge in [-0.3, -0.25) is 4.98 Å². The number of methoxy groups -OCH3 is 1. The summed E-state index contributed by atoms with van der Waals surface area (Å²) in [5, 5.41) is 9.86. The minimum atomic E-state index is -0.676. The van der Waals surface area contributed by atoms with E-state index in [1.807, 2.05) is 25.1 Å². The van der Waals surface area contributed by atoms with Crippen molar-refractivity contribution in [1.29, 1.82) is 0 Å². The summed E-state index contributed by atoms with van der Waals surface area (Å²) in [6.45, 7) is 3.59. The van der Waals surface area contributed by atoms with E-state index in [0.29, 0.717) is 22.8 Å². The fourth-order valence-corrected chi connectivity index (χ4v) is 1.84. The number of hydrogen-bond donors (Lipinski definition) is 1.